The van der Waals surface area contributed by atoms with Gasteiger partial charge in [0.2, 0.25) is 0 Å². The molecule has 0 aromatic heterocycles. The maximum Gasteiger partial charge on any atom is 2.00 e. The molecule has 238 valence electrons. The first-order chi connectivity index (χ1) is 17.9. The van der Waals surface area contributed by atoms with E-state index in [0.717, 1.165) is 0 Å². The predicted molar refractivity (Wildman–Crippen MR) is 163 cm³/mol. The second-order valence-corrected chi connectivity index (χ2v) is 10.3. The third-order valence-electron chi connectivity index (χ3n) is 4.83. The van der Waals surface area contributed by atoms with Crippen LogP contribution in [0.15, 0.2) is 117 Å². The van der Waals surface area contributed by atoms with E-state index >= 15 is 0 Å². The Kier molecular flexibility index (Phi) is 22.7. The van der Waals surface area contributed by atoms with Crippen LogP contribution >= 0.6 is 0 Å². The van der Waals surface area contributed by atoms with Gasteiger partial charge in [0.05, 0.1) is 21.2 Å². The molecule has 2 radical (unpaired) electrons. The average Bonchev–Trinajstić information content (AvgIpc) is 2.88. The van der Waals surface area contributed by atoms with Crippen molar-refractivity contribution in [2.45, 2.75) is 9.79 Å². The van der Waals surface area contributed by atoms with Crippen molar-refractivity contribution >= 4 is 71.3 Å². The molecule has 12 N–H and O–H groups in total. The number of para-hydroxylation sites is 2. The summed E-state index contributed by atoms with van der Waals surface area (Å²) in [7, 11) is -8.87. The fourth-order valence-electron chi connectivity index (χ4n) is 2.88. The minimum Gasteiger partial charge on any atom is -0.744 e. The van der Waals surface area contributed by atoms with Crippen LogP contribution in [-0.4, -0.2) is 103 Å². The topological polar surface area (TPSA) is 337 Å². The molecule has 0 aliphatic heterocycles. The number of aliphatic imine (C=N–C) groups is 2. The number of phenols is 2. The van der Waals surface area contributed by atoms with E-state index in [2.05, 4.69) is 9.98 Å². The fourth-order valence-corrected chi connectivity index (χ4v) is 3.82. The third kappa shape index (κ3) is 14.7. The van der Waals surface area contributed by atoms with Gasteiger partial charge in [-0.25, -0.2) is 16.8 Å². The quantitative estimate of drug-likeness (QED) is 0.146. The number of hydrogen-bond acceptors (Lipinski definition) is 10. The summed E-state index contributed by atoms with van der Waals surface area (Å²) in [4.78, 5) is 7.56. The van der Waals surface area contributed by atoms with Crippen LogP contribution in [-0.2, 0) is 20.2 Å². The largest absolute Gasteiger partial charge is 2.00 e. The van der Waals surface area contributed by atoms with Crippen LogP contribution in [0.5, 0.6) is 11.5 Å². The summed E-state index contributed by atoms with van der Waals surface area (Å²) in [5, 5.41) is 19.1. The summed E-state index contributed by atoms with van der Waals surface area (Å²) in [6.45, 7) is 0. The van der Waals surface area contributed by atoms with Gasteiger partial charge in [0.15, 0.2) is 0 Å². The molecule has 0 aliphatic rings. The van der Waals surface area contributed by atoms with Gasteiger partial charge in [0.25, 0.3) is 0 Å². The summed E-state index contributed by atoms with van der Waals surface area (Å²) in [6.07, 6.45) is 2.91. The normalized spacial score (nSPS) is 10.2. The molecule has 0 atom stereocenters. The van der Waals surface area contributed by atoms with Crippen molar-refractivity contribution in [1.82, 2.24) is 0 Å². The molecule has 44 heavy (non-hydrogen) atoms. The van der Waals surface area contributed by atoms with Crippen molar-refractivity contribution in [2.75, 3.05) is 0 Å². The first kappa shape index (κ1) is 47.3. The Hall–Kier alpha value is -3.64. The van der Waals surface area contributed by atoms with E-state index in [1.165, 1.54) is 73.1 Å². The smallest absolute Gasteiger partial charge is 0.744 e. The third-order valence-corrected chi connectivity index (χ3v) is 6.53. The molecular formula is C26H30N2O13PbS2. The van der Waals surface area contributed by atoms with Crippen molar-refractivity contribution in [3.8, 4) is 11.5 Å². The summed E-state index contributed by atoms with van der Waals surface area (Å²) < 4.78 is 64.4. The number of hydrogen-bond donors (Lipinski definition) is 2. The number of benzene rings is 4. The van der Waals surface area contributed by atoms with E-state index in [-0.39, 0.29) is 76.0 Å². The summed E-state index contributed by atoms with van der Waals surface area (Å²) in [6, 6.07) is 23.8. The van der Waals surface area contributed by atoms with Crippen LogP contribution in [0.2, 0.25) is 0 Å². The van der Waals surface area contributed by atoms with Crippen molar-refractivity contribution in [3.63, 3.8) is 0 Å². The summed E-state index contributed by atoms with van der Waals surface area (Å²) in [5.41, 5.74) is 2.05. The average molecular weight is 850 g/mol. The van der Waals surface area contributed by atoms with Crippen LogP contribution < -0.4 is 0 Å². The van der Waals surface area contributed by atoms with Crippen LogP contribution in [0.3, 0.4) is 0 Å². The predicted octanol–water partition coefficient (Wildman–Crippen LogP) is -0.411. The fraction of sp³-hybridized carbons (Fsp3) is 0. The standard InChI is InChI=1S/2C13H11NO4S.5H2O.Pb/c2*15-13-4-2-1-3-10(13)9-14-11-5-7-12(8-6-11)19(16,17)18;;;;;;/h2*1-9,15H,(H,16,17,18);5*1H2;/q;;;;;;;+2/p-2. The molecule has 4 aromatic carbocycles. The van der Waals surface area contributed by atoms with Gasteiger partial charge in [-0.15, -0.1) is 0 Å². The van der Waals surface area contributed by atoms with Gasteiger partial charge < -0.3 is 46.7 Å². The van der Waals surface area contributed by atoms with Crippen LogP contribution in [0.25, 0.3) is 0 Å². The van der Waals surface area contributed by atoms with E-state index in [9.17, 15) is 36.2 Å². The number of nitrogens with zero attached hydrogens (tertiary/aromatic N) is 2. The number of phenolic OH excluding ortho intramolecular Hbond substituents is 2. The Morgan fingerprint density at radius 2 is 0.773 bits per heavy atom. The van der Waals surface area contributed by atoms with Crippen molar-refractivity contribution in [2.24, 2.45) is 9.98 Å². The van der Waals surface area contributed by atoms with Gasteiger partial charge in [0.1, 0.15) is 31.7 Å². The molecule has 0 saturated heterocycles. The molecule has 0 spiro atoms. The molecule has 0 heterocycles. The Bertz CT molecular complexity index is 1560. The number of rotatable bonds is 6. The van der Waals surface area contributed by atoms with Crippen LogP contribution in [0.1, 0.15) is 11.1 Å². The second kappa shape index (κ2) is 21.1. The van der Waals surface area contributed by atoms with Crippen LogP contribution in [0.4, 0.5) is 11.4 Å². The molecule has 0 saturated carbocycles. The van der Waals surface area contributed by atoms with E-state index in [0.29, 0.717) is 22.5 Å². The van der Waals surface area contributed by atoms with Crippen molar-refractivity contribution in [3.05, 3.63) is 108 Å². The minimum absolute atomic E-state index is 0. The van der Waals surface area contributed by atoms with E-state index < -0.39 is 20.2 Å². The Balaban J connectivity index is -0.000000320. The first-order valence-corrected chi connectivity index (χ1v) is 13.5. The molecule has 0 bridgehead atoms. The molecule has 0 unspecified atom stereocenters. The van der Waals surface area contributed by atoms with Crippen molar-refractivity contribution in [1.29, 1.82) is 0 Å². The van der Waals surface area contributed by atoms with Gasteiger partial charge in [-0.2, -0.15) is 0 Å². The van der Waals surface area contributed by atoms with Crippen LogP contribution in [0, 0.1) is 0 Å². The molecule has 4 aromatic rings. The van der Waals surface area contributed by atoms with Gasteiger partial charge in [0, 0.05) is 23.6 Å². The molecule has 0 fully saturated rings. The zero-order valence-corrected chi connectivity index (χ0v) is 28.0. The SMILES string of the molecule is O.O.O.O.O.O=S(=O)([O-])c1ccc(N=Cc2ccccc2O)cc1.O=S(=O)([O-])c1ccc(N=Cc2ccccc2O)cc1.[Pb+2]. The molecule has 4 rings (SSSR count). The molecular weight excluding hydrogens is 820 g/mol. The first-order valence-electron chi connectivity index (χ1n) is 10.7. The summed E-state index contributed by atoms with van der Waals surface area (Å²) >= 11 is 0. The van der Waals surface area contributed by atoms with Gasteiger partial charge in [-0.3, -0.25) is 9.98 Å². The maximum absolute atomic E-state index is 10.7. The maximum atomic E-state index is 10.7. The Labute approximate surface area is 273 Å². The van der Waals surface area contributed by atoms with Gasteiger partial charge >= 0.3 is 27.3 Å². The zero-order chi connectivity index (χ0) is 27.8. The molecule has 18 heteroatoms. The van der Waals surface area contributed by atoms with Crippen molar-refractivity contribution < 1.29 is 63.5 Å². The zero-order valence-electron chi connectivity index (χ0n) is 22.4. The van der Waals surface area contributed by atoms with E-state index in [1.807, 2.05) is 0 Å². The molecule has 15 nitrogen and oxygen atoms in total. The monoisotopic (exact) mass is 850 g/mol. The van der Waals surface area contributed by atoms with E-state index in [4.69, 9.17) is 0 Å². The minimum atomic E-state index is -4.44. The summed E-state index contributed by atoms with van der Waals surface area (Å²) in [5.74, 6) is 0.204. The van der Waals surface area contributed by atoms with Gasteiger partial charge in [-0.1, -0.05) is 24.3 Å². The Morgan fingerprint density at radius 1 is 0.500 bits per heavy atom. The number of aromatic hydroxyl groups is 2. The molecule has 0 amide bonds. The van der Waals surface area contributed by atoms with E-state index in [1.54, 1.807) is 36.4 Å². The Morgan fingerprint density at radius 3 is 1.02 bits per heavy atom. The molecule has 0 aliphatic carbocycles. The van der Waals surface area contributed by atoms with Gasteiger partial charge in [-0.05, 0) is 72.8 Å². The second-order valence-electron chi connectivity index (χ2n) is 7.53.